The van der Waals surface area contributed by atoms with Crippen molar-refractivity contribution in [1.29, 1.82) is 0 Å². The topological polar surface area (TPSA) is 69.6 Å². The standard InChI is InChI=1S/C11H19F3N2O3/c1-16(8-6-11(12,13)14)10(19)15-7-4-2-3-5-9(17)18/h2-8H2,1H3,(H,15,19)(H,17,18). The Morgan fingerprint density at radius 2 is 1.84 bits per heavy atom. The van der Waals surface area contributed by atoms with E-state index in [4.69, 9.17) is 5.11 Å². The van der Waals surface area contributed by atoms with Gasteiger partial charge in [0.2, 0.25) is 0 Å². The first kappa shape index (κ1) is 17.5. The van der Waals surface area contributed by atoms with Crippen LogP contribution in [0.15, 0.2) is 0 Å². The molecule has 19 heavy (non-hydrogen) atoms. The number of aliphatic carboxylic acids is 1. The number of carbonyl (C=O) groups is 2. The quantitative estimate of drug-likeness (QED) is 0.671. The molecule has 0 atom stereocenters. The maximum atomic E-state index is 11.9. The average molecular weight is 284 g/mol. The highest BCUT2D eigenvalue weighted by Gasteiger charge is 2.27. The Hall–Kier alpha value is -1.47. The van der Waals surface area contributed by atoms with Gasteiger partial charge < -0.3 is 15.3 Å². The Kier molecular flexibility index (Phi) is 7.94. The molecule has 0 spiro atoms. The number of carboxylic acid groups (broad SMARTS) is 1. The molecule has 0 aromatic carbocycles. The molecule has 0 rings (SSSR count). The highest BCUT2D eigenvalue weighted by atomic mass is 19.4. The predicted octanol–water partition coefficient (Wildman–Crippen LogP) is 2.23. The minimum absolute atomic E-state index is 0.0828. The van der Waals surface area contributed by atoms with Crippen LogP contribution < -0.4 is 5.32 Å². The molecule has 0 aliphatic rings. The van der Waals surface area contributed by atoms with Crippen molar-refractivity contribution in [2.75, 3.05) is 20.1 Å². The van der Waals surface area contributed by atoms with Crippen LogP contribution in [0, 0.1) is 0 Å². The van der Waals surface area contributed by atoms with E-state index in [-0.39, 0.29) is 13.0 Å². The number of carboxylic acids is 1. The first-order valence-corrected chi connectivity index (χ1v) is 6.00. The molecule has 2 amide bonds. The van der Waals surface area contributed by atoms with Gasteiger partial charge in [-0.3, -0.25) is 4.79 Å². The molecule has 0 aromatic heterocycles. The molecule has 0 aliphatic carbocycles. The van der Waals surface area contributed by atoms with Gasteiger partial charge in [-0.05, 0) is 12.8 Å². The fraction of sp³-hybridized carbons (Fsp3) is 0.818. The summed E-state index contributed by atoms with van der Waals surface area (Å²) in [6.45, 7) is -0.0524. The number of hydrogen-bond donors (Lipinski definition) is 2. The van der Waals surface area contributed by atoms with E-state index in [9.17, 15) is 22.8 Å². The zero-order chi connectivity index (χ0) is 14.9. The van der Waals surface area contributed by atoms with Gasteiger partial charge in [0, 0.05) is 26.6 Å². The molecule has 2 N–H and O–H groups in total. The van der Waals surface area contributed by atoms with E-state index in [1.165, 1.54) is 7.05 Å². The van der Waals surface area contributed by atoms with Gasteiger partial charge in [-0.25, -0.2) is 4.79 Å². The number of nitrogens with zero attached hydrogens (tertiary/aromatic N) is 1. The summed E-state index contributed by atoms with van der Waals surface area (Å²) in [6.07, 6.45) is -3.44. The smallest absolute Gasteiger partial charge is 0.390 e. The molecule has 0 saturated heterocycles. The van der Waals surface area contributed by atoms with Crippen LogP contribution in [-0.4, -0.2) is 48.3 Å². The number of alkyl halides is 3. The van der Waals surface area contributed by atoms with Crippen molar-refractivity contribution in [1.82, 2.24) is 10.2 Å². The van der Waals surface area contributed by atoms with Crippen LogP contribution in [-0.2, 0) is 4.79 Å². The van der Waals surface area contributed by atoms with E-state index < -0.39 is 24.6 Å². The van der Waals surface area contributed by atoms with Crippen LogP contribution in [0.25, 0.3) is 0 Å². The predicted molar refractivity (Wildman–Crippen MR) is 62.8 cm³/mol. The van der Waals surface area contributed by atoms with Gasteiger partial charge >= 0.3 is 18.2 Å². The summed E-state index contributed by atoms with van der Waals surface area (Å²) in [5.74, 6) is -0.865. The van der Waals surface area contributed by atoms with Crippen LogP contribution in [0.4, 0.5) is 18.0 Å². The lowest BCUT2D eigenvalue weighted by molar-refractivity contribution is -0.137. The molecular formula is C11H19F3N2O3. The number of hydrogen-bond acceptors (Lipinski definition) is 2. The van der Waals surface area contributed by atoms with Crippen molar-refractivity contribution in [3.63, 3.8) is 0 Å². The van der Waals surface area contributed by atoms with Gasteiger partial charge in [0.1, 0.15) is 0 Å². The van der Waals surface area contributed by atoms with Crippen molar-refractivity contribution >= 4 is 12.0 Å². The molecule has 0 aliphatic heterocycles. The highest BCUT2D eigenvalue weighted by molar-refractivity contribution is 5.73. The third-order valence-corrected chi connectivity index (χ3v) is 2.42. The highest BCUT2D eigenvalue weighted by Crippen LogP contribution is 2.19. The summed E-state index contributed by atoms with van der Waals surface area (Å²) in [5.41, 5.74) is 0. The lowest BCUT2D eigenvalue weighted by Crippen LogP contribution is -2.39. The minimum atomic E-state index is -4.27. The Morgan fingerprint density at radius 3 is 2.37 bits per heavy atom. The normalized spacial score (nSPS) is 11.2. The molecule has 5 nitrogen and oxygen atoms in total. The summed E-state index contributed by atoms with van der Waals surface area (Å²) < 4.78 is 35.8. The average Bonchev–Trinajstić information content (AvgIpc) is 2.28. The summed E-state index contributed by atoms with van der Waals surface area (Å²) in [5, 5.41) is 10.9. The van der Waals surface area contributed by atoms with Gasteiger partial charge in [0.05, 0.1) is 6.42 Å². The number of unbranched alkanes of at least 4 members (excludes halogenated alkanes) is 2. The second-order valence-corrected chi connectivity index (χ2v) is 4.22. The lowest BCUT2D eigenvalue weighted by atomic mass is 10.2. The number of halogens is 3. The number of nitrogens with one attached hydrogen (secondary N) is 1. The Balaban J connectivity index is 3.60. The van der Waals surface area contributed by atoms with Crippen LogP contribution >= 0.6 is 0 Å². The summed E-state index contributed by atoms with van der Waals surface area (Å²) in [4.78, 5) is 22.5. The van der Waals surface area contributed by atoms with E-state index in [1.807, 2.05) is 0 Å². The molecule has 0 unspecified atom stereocenters. The molecule has 0 aromatic rings. The zero-order valence-corrected chi connectivity index (χ0v) is 10.8. The second-order valence-electron chi connectivity index (χ2n) is 4.22. The number of carbonyl (C=O) groups excluding carboxylic acids is 1. The summed E-state index contributed by atoms with van der Waals surface area (Å²) in [7, 11) is 1.30. The molecule has 0 heterocycles. The minimum Gasteiger partial charge on any atom is -0.481 e. The summed E-state index contributed by atoms with van der Waals surface area (Å²) >= 11 is 0. The monoisotopic (exact) mass is 284 g/mol. The van der Waals surface area contributed by atoms with E-state index in [0.29, 0.717) is 25.8 Å². The largest absolute Gasteiger partial charge is 0.481 e. The van der Waals surface area contributed by atoms with E-state index in [0.717, 1.165) is 4.90 Å². The van der Waals surface area contributed by atoms with E-state index in [2.05, 4.69) is 5.32 Å². The van der Waals surface area contributed by atoms with Crippen LogP contribution in [0.3, 0.4) is 0 Å². The molecule has 0 saturated carbocycles. The molecular weight excluding hydrogens is 265 g/mol. The SMILES string of the molecule is CN(CCC(F)(F)F)C(=O)NCCCCCC(=O)O. The summed E-state index contributed by atoms with van der Waals surface area (Å²) in [6, 6.07) is -0.553. The van der Waals surface area contributed by atoms with Crippen LogP contribution in [0.2, 0.25) is 0 Å². The van der Waals surface area contributed by atoms with Crippen molar-refractivity contribution < 1.29 is 27.9 Å². The number of amides is 2. The van der Waals surface area contributed by atoms with Crippen molar-refractivity contribution in [2.45, 2.75) is 38.3 Å². The van der Waals surface area contributed by atoms with Crippen molar-refractivity contribution in [2.24, 2.45) is 0 Å². The fourth-order valence-corrected chi connectivity index (χ4v) is 1.30. The van der Waals surface area contributed by atoms with Crippen molar-refractivity contribution in [3.8, 4) is 0 Å². The Labute approximate surface area is 109 Å². The molecule has 0 bridgehead atoms. The number of urea groups is 1. The van der Waals surface area contributed by atoms with Crippen LogP contribution in [0.5, 0.6) is 0 Å². The third kappa shape index (κ3) is 11.4. The molecule has 0 radical (unpaired) electrons. The van der Waals surface area contributed by atoms with Crippen molar-refractivity contribution in [3.05, 3.63) is 0 Å². The second kappa shape index (κ2) is 8.60. The third-order valence-electron chi connectivity index (χ3n) is 2.42. The van der Waals surface area contributed by atoms with E-state index in [1.54, 1.807) is 0 Å². The van der Waals surface area contributed by atoms with Gasteiger partial charge in [-0.1, -0.05) is 6.42 Å². The van der Waals surface area contributed by atoms with Gasteiger partial charge in [-0.15, -0.1) is 0 Å². The molecule has 8 heteroatoms. The van der Waals surface area contributed by atoms with Crippen LogP contribution in [0.1, 0.15) is 32.1 Å². The van der Waals surface area contributed by atoms with Gasteiger partial charge in [-0.2, -0.15) is 13.2 Å². The number of rotatable bonds is 8. The van der Waals surface area contributed by atoms with E-state index >= 15 is 0 Å². The maximum absolute atomic E-state index is 11.9. The first-order valence-electron chi connectivity index (χ1n) is 6.00. The first-order chi connectivity index (χ1) is 8.72. The lowest BCUT2D eigenvalue weighted by Gasteiger charge is -2.18. The maximum Gasteiger partial charge on any atom is 0.390 e. The molecule has 0 fully saturated rings. The molecule has 112 valence electrons. The Bertz CT molecular complexity index is 295. The zero-order valence-electron chi connectivity index (χ0n) is 10.8. The Morgan fingerprint density at radius 1 is 1.21 bits per heavy atom. The van der Waals surface area contributed by atoms with Gasteiger partial charge in [0.25, 0.3) is 0 Å². The van der Waals surface area contributed by atoms with Gasteiger partial charge in [0.15, 0.2) is 0 Å². The fourth-order valence-electron chi connectivity index (χ4n) is 1.30.